The van der Waals surface area contributed by atoms with Crippen molar-refractivity contribution < 1.29 is 17.9 Å². The Morgan fingerprint density at radius 2 is 2.00 bits per heavy atom. The number of nitrogens with zero attached hydrogens (tertiary/aromatic N) is 2. The second-order valence-corrected chi connectivity index (χ2v) is 11.1. The zero-order valence-electron chi connectivity index (χ0n) is 17.5. The highest BCUT2D eigenvalue weighted by Gasteiger charge is 2.27. The summed E-state index contributed by atoms with van der Waals surface area (Å²) in [6, 6.07) is 11.5. The Hall–Kier alpha value is -1.94. The molecule has 2 aliphatic rings. The molecule has 0 radical (unpaired) electrons. The number of pyridine rings is 1. The SMILES string of the molecule is C[C@@H](Sc1ccc(S(=O)(=O)N2CCOCC2)cn1)C(=O)N[C@@H]1CCCc2ccccc21. The maximum Gasteiger partial charge on any atom is 0.244 e. The molecule has 1 fully saturated rings. The molecule has 0 saturated carbocycles. The number of sulfonamides is 1. The van der Waals surface area contributed by atoms with Gasteiger partial charge in [-0.25, -0.2) is 13.4 Å². The minimum atomic E-state index is -3.57. The third kappa shape index (κ3) is 5.11. The normalized spacial score (nSPS) is 20.6. The number of aromatic nitrogens is 1. The third-order valence-corrected chi connectivity index (χ3v) is 8.60. The summed E-state index contributed by atoms with van der Waals surface area (Å²) in [4.78, 5) is 17.2. The van der Waals surface area contributed by atoms with Gasteiger partial charge in [0.05, 0.1) is 29.5 Å². The number of carbonyl (C=O) groups is 1. The van der Waals surface area contributed by atoms with Crippen LogP contribution < -0.4 is 5.32 Å². The number of rotatable bonds is 6. The first-order valence-electron chi connectivity index (χ1n) is 10.5. The predicted octanol–water partition coefficient (Wildman–Crippen LogP) is 2.78. The molecule has 2 atom stereocenters. The summed E-state index contributed by atoms with van der Waals surface area (Å²) in [5.74, 6) is -0.0430. The van der Waals surface area contributed by atoms with Crippen LogP contribution in [0.15, 0.2) is 52.5 Å². The molecule has 2 heterocycles. The van der Waals surface area contributed by atoms with E-state index in [0.29, 0.717) is 31.3 Å². The number of morpholine rings is 1. The zero-order chi connectivity index (χ0) is 21.8. The fourth-order valence-electron chi connectivity index (χ4n) is 3.95. The van der Waals surface area contributed by atoms with E-state index in [9.17, 15) is 13.2 Å². The largest absolute Gasteiger partial charge is 0.379 e. The lowest BCUT2D eigenvalue weighted by Gasteiger charge is -2.27. The molecule has 1 aromatic heterocycles. The van der Waals surface area contributed by atoms with E-state index in [0.717, 1.165) is 19.3 Å². The highest BCUT2D eigenvalue weighted by Crippen LogP contribution is 2.30. The zero-order valence-corrected chi connectivity index (χ0v) is 19.1. The third-order valence-electron chi connectivity index (χ3n) is 5.67. The first-order valence-corrected chi connectivity index (χ1v) is 12.9. The van der Waals surface area contributed by atoms with Gasteiger partial charge in [-0.1, -0.05) is 36.0 Å². The topological polar surface area (TPSA) is 88.6 Å². The number of aryl methyl sites for hydroxylation is 1. The second kappa shape index (κ2) is 9.68. The Balaban J connectivity index is 1.37. The van der Waals surface area contributed by atoms with Crippen molar-refractivity contribution in [3.8, 4) is 0 Å². The van der Waals surface area contributed by atoms with Crippen molar-refractivity contribution in [2.45, 2.75) is 47.4 Å². The molecule has 1 aliphatic carbocycles. The molecule has 4 rings (SSSR count). The highest BCUT2D eigenvalue weighted by atomic mass is 32.2. The summed E-state index contributed by atoms with van der Waals surface area (Å²) < 4.78 is 32.1. The molecule has 0 bridgehead atoms. The quantitative estimate of drug-likeness (QED) is 0.666. The van der Waals surface area contributed by atoms with Gasteiger partial charge < -0.3 is 10.1 Å². The van der Waals surface area contributed by atoms with E-state index in [-0.39, 0.29) is 22.1 Å². The van der Waals surface area contributed by atoms with Crippen LogP contribution in [0.3, 0.4) is 0 Å². The Labute approximate surface area is 187 Å². The lowest BCUT2D eigenvalue weighted by atomic mass is 9.88. The standard InChI is InChI=1S/C22H27N3O4S2/c1-16(22(26)24-20-8-4-6-17-5-2-3-7-19(17)20)30-21-10-9-18(15-23-21)31(27,28)25-11-13-29-14-12-25/h2-3,5,7,9-10,15-16,20H,4,6,8,11-14H2,1H3,(H,24,26)/t16-,20-/m1/s1. The summed E-state index contributed by atoms with van der Waals surface area (Å²) in [5, 5.41) is 3.45. The van der Waals surface area contributed by atoms with Crippen molar-refractivity contribution in [2.24, 2.45) is 0 Å². The highest BCUT2D eigenvalue weighted by molar-refractivity contribution is 8.00. The Morgan fingerprint density at radius 3 is 2.74 bits per heavy atom. The number of thioether (sulfide) groups is 1. The van der Waals surface area contributed by atoms with Crippen LogP contribution in [0.4, 0.5) is 0 Å². The average Bonchev–Trinajstić information content (AvgIpc) is 2.80. The van der Waals surface area contributed by atoms with Crippen LogP contribution in [0.25, 0.3) is 0 Å². The van der Waals surface area contributed by atoms with E-state index in [1.807, 2.05) is 19.1 Å². The van der Waals surface area contributed by atoms with Crippen molar-refractivity contribution in [1.82, 2.24) is 14.6 Å². The number of nitrogens with one attached hydrogen (secondary N) is 1. The first-order chi connectivity index (χ1) is 14.9. The molecule has 1 aromatic carbocycles. The summed E-state index contributed by atoms with van der Waals surface area (Å²) in [6.07, 6.45) is 4.42. The van der Waals surface area contributed by atoms with Crippen LogP contribution in [-0.4, -0.2) is 55.2 Å². The van der Waals surface area contributed by atoms with Gasteiger partial charge in [0, 0.05) is 19.3 Å². The van der Waals surface area contributed by atoms with Crippen LogP contribution in [0, 0.1) is 0 Å². The molecule has 1 amide bonds. The molecule has 1 N–H and O–H groups in total. The number of benzene rings is 1. The van der Waals surface area contributed by atoms with Crippen LogP contribution >= 0.6 is 11.8 Å². The van der Waals surface area contributed by atoms with Gasteiger partial charge in [-0.05, 0) is 49.4 Å². The van der Waals surface area contributed by atoms with E-state index >= 15 is 0 Å². The minimum Gasteiger partial charge on any atom is -0.379 e. The van der Waals surface area contributed by atoms with Crippen molar-refractivity contribution >= 4 is 27.7 Å². The fraction of sp³-hybridized carbons (Fsp3) is 0.455. The molecule has 0 unspecified atom stereocenters. The summed E-state index contributed by atoms with van der Waals surface area (Å²) >= 11 is 1.32. The lowest BCUT2D eigenvalue weighted by molar-refractivity contribution is -0.121. The fourth-order valence-corrected chi connectivity index (χ4v) is 6.10. The van der Waals surface area contributed by atoms with Crippen LogP contribution in [0.5, 0.6) is 0 Å². The first kappa shape index (κ1) is 22.3. The van der Waals surface area contributed by atoms with E-state index in [4.69, 9.17) is 4.74 Å². The molecule has 1 aliphatic heterocycles. The minimum absolute atomic E-state index is 0.0366. The van der Waals surface area contributed by atoms with E-state index in [1.54, 1.807) is 12.1 Å². The predicted molar refractivity (Wildman–Crippen MR) is 119 cm³/mol. The summed E-state index contributed by atoms with van der Waals surface area (Å²) in [7, 11) is -3.57. The van der Waals surface area contributed by atoms with Gasteiger partial charge in [0.1, 0.15) is 4.90 Å². The molecule has 166 valence electrons. The summed E-state index contributed by atoms with van der Waals surface area (Å²) in [5.41, 5.74) is 2.51. The van der Waals surface area contributed by atoms with Crippen LogP contribution in [0.2, 0.25) is 0 Å². The van der Waals surface area contributed by atoms with Crippen molar-refractivity contribution in [3.63, 3.8) is 0 Å². The molecule has 7 nitrogen and oxygen atoms in total. The van der Waals surface area contributed by atoms with E-state index in [1.165, 1.54) is 33.4 Å². The van der Waals surface area contributed by atoms with Crippen LogP contribution in [-0.2, 0) is 26.0 Å². The van der Waals surface area contributed by atoms with Gasteiger partial charge in [0.25, 0.3) is 0 Å². The van der Waals surface area contributed by atoms with Gasteiger partial charge in [-0.2, -0.15) is 4.31 Å². The van der Waals surface area contributed by atoms with Crippen LogP contribution in [0.1, 0.15) is 36.9 Å². The number of fused-ring (bicyclic) bond motifs is 1. The van der Waals surface area contributed by atoms with E-state index in [2.05, 4.69) is 22.4 Å². The number of carbonyl (C=O) groups excluding carboxylic acids is 1. The van der Waals surface area contributed by atoms with E-state index < -0.39 is 10.0 Å². The molecule has 1 saturated heterocycles. The smallest absolute Gasteiger partial charge is 0.244 e. The molecule has 31 heavy (non-hydrogen) atoms. The Morgan fingerprint density at radius 1 is 1.23 bits per heavy atom. The number of ether oxygens (including phenoxy) is 1. The monoisotopic (exact) mass is 461 g/mol. The van der Waals surface area contributed by atoms with Gasteiger partial charge in [-0.3, -0.25) is 4.79 Å². The molecular formula is C22H27N3O4S2. The number of hydrogen-bond donors (Lipinski definition) is 1. The van der Waals surface area contributed by atoms with Crippen molar-refractivity contribution in [3.05, 3.63) is 53.7 Å². The Kier molecular flexibility index (Phi) is 6.95. The van der Waals surface area contributed by atoms with Gasteiger partial charge >= 0.3 is 0 Å². The molecule has 9 heteroatoms. The van der Waals surface area contributed by atoms with Crippen molar-refractivity contribution in [2.75, 3.05) is 26.3 Å². The molecular weight excluding hydrogens is 434 g/mol. The van der Waals surface area contributed by atoms with Gasteiger partial charge in [0.15, 0.2) is 0 Å². The maximum absolute atomic E-state index is 12.8. The van der Waals surface area contributed by atoms with Gasteiger partial charge in [0.2, 0.25) is 15.9 Å². The van der Waals surface area contributed by atoms with Crippen molar-refractivity contribution in [1.29, 1.82) is 0 Å². The second-order valence-electron chi connectivity index (χ2n) is 7.76. The number of amides is 1. The molecule has 2 aromatic rings. The van der Waals surface area contributed by atoms with Gasteiger partial charge in [-0.15, -0.1) is 0 Å². The molecule has 0 spiro atoms. The number of hydrogen-bond acceptors (Lipinski definition) is 6. The summed E-state index contributed by atoms with van der Waals surface area (Å²) in [6.45, 7) is 3.34. The maximum atomic E-state index is 12.8. The average molecular weight is 462 g/mol. The lowest BCUT2D eigenvalue weighted by Crippen LogP contribution is -2.40. The Bertz CT molecular complexity index is 1020.